The van der Waals surface area contributed by atoms with Gasteiger partial charge in [-0.1, -0.05) is 108 Å². The van der Waals surface area contributed by atoms with Crippen molar-refractivity contribution in [1.82, 2.24) is 0 Å². The van der Waals surface area contributed by atoms with Crippen LogP contribution in [0.15, 0.2) is 0 Å². The van der Waals surface area contributed by atoms with Gasteiger partial charge in [-0.05, 0) is 12.8 Å². The van der Waals surface area contributed by atoms with E-state index in [1.54, 1.807) is 0 Å². The predicted molar refractivity (Wildman–Crippen MR) is 77.5 cm³/mol. The van der Waals surface area contributed by atoms with Crippen molar-refractivity contribution in [2.24, 2.45) is 0 Å². The number of unbranched alkanes of at least 4 members (excludes halogenated alkanes) is 1. The highest BCUT2D eigenvalue weighted by atomic mass is 80.0. The van der Waals surface area contributed by atoms with Gasteiger partial charge in [0.05, 0.1) is 0 Å². The van der Waals surface area contributed by atoms with E-state index in [4.69, 9.17) is 0 Å². The zero-order chi connectivity index (χ0) is 9.83. The van der Waals surface area contributed by atoms with Crippen LogP contribution in [0.4, 0.5) is 0 Å². The number of alkyl halides is 6. The Balaban J connectivity index is 3.35. The van der Waals surface area contributed by atoms with Crippen LogP contribution in [0.25, 0.3) is 0 Å². The molecule has 74 valence electrons. The number of hydrogen-bond acceptors (Lipinski definition) is 0. The van der Waals surface area contributed by atoms with Crippen molar-refractivity contribution in [1.29, 1.82) is 0 Å². The Labute approximate surface area is 124 Å². The highest BCUT2D eigenvalue weighted by Gasteiger charge is 2.19. The molecule has 0 amide bonds. The summed E-state index contributed by atoms with van der Waals surface area (Å²) in [5.74, 6) is 0. The molecular weight excluding hydrogens is 551 g/mol. The molecule has 0 heterocycles. The van der Waals surface area contributed by atoms with Gasteiger partial charge in [-0.25, -0.2) is 0 Å². The van der Waals surface area contributed by atoms with Crippen LogP contribution in [0.3, 0.4) is 0 Å². The number of rotatable bonds is 3. The number of hydrogen-bond donors (Lipinski definition) is 0. The van der Waals surface area contributed by atoms with Crippen molar-refractivity contribution in [2.75, 3.05) is 0 Å². The summed E-state index contributed by atoms with van der Waals surface area (Å²) in [5, 5.41) is 0. The summed E-state index contributed by atoms with van der Waals surface area (Å²) in [6, 6.07) is 0. The quantitative estimate of drug-likeness (QED) is 0.285. The molecule has 0 N–H and O–H groups in total. The van der Waals surface area contributed by atoms with Gasteiger partial charge >= 0.3 is 0 Å². The predicted octanol–water partition coefficient (Wildman–Crippen LogP) is 6.22. The van der Waals surface area contributed by atoms with Gasteiger partial charge in [0.25, 0.3) is 0 Å². The molecule has 0 spiro atoms. The second kappa shape index (κ2) is 6.46. The highest BCUT2D eigenvalue weighted by molar-refractivity contribution is 9.39. The lowest BCUT2D eigenvalue weighted by Gasteiger charge is -2.14. The summed E-state index contributed by atoms with van der Waals surface area (Å²) < 4.78 is -0.165. The second-order valence-corrected chi connectivity index (χ2v) is 16.9. The van der Waals surface area contributed by atoms with E-state index in [0.717, 1.165) is 25.7 Å². The van der Waals surface area contributed by atoms with E-state index >= 15 is 0 Å². The van der Waals surface area contributed by atoms with Crippen molar-refractivity contribution in [3.63, 3.8) is 0 Å². The van der Waals surface area contributed by atoms with Gasteiger partial charge in [-0.2, -0.15) is 0 Å². The van der Waals surface area contributed by atoms with Crippen LogP contribution in [-0.2, 0) is 0 Å². The van der Waals surface area contributed by atoms with E-state index in [1.165, 1.54) is 0 Å². The lowest BCUT2D eigenvalue weighted by atomic mass is 10.2. The fourth-order valence-corrected chi connectivity index (χ4v) is 2.33. The molecule has 0 fully saturated rings. The topological polar surface area (TPSA) is 0 Å². The summed E-state index contributed by atoms with van der Waals surface area (Å²) >= 11 is 20.7. The maximum absolute atomic E-state index is 3.46. The summed E-state index contributed by atoms with van der Waals surface area (Å²) in [6.45, 7) is 0. The molecule has 12 heavy (non-hydrogen) atoms. The van der Waals surface area contributed by atoms with Gasteiger partial charge in [-0.3, -0.25) is 0 Å². The third-order valence-corrected chi connectivity index (χ3v) is 3.55. The molecule has 0 aromatic heterocycles. The van der Waals surface area contributed by atoms with Crippen LogP contribution in [0.2, 0.25) is 0 Å². The molecule has 0 saturated carbocycles. The van der Waals surface area contributed by atoms with E-state index in [1.807, 2.05) is 0 Å². The van der Waals surface area contributed by atoms with E-state index in [9.17, 15) is 0 Å². The summed E-state index contributed by atoms with van der Waals surface area (Å²) in [6.07, 6.45) is 4.42. The fourth-order valence-electron chi connectivity index (χ4n) is 0.651. The van der Waals surface area contributed by atoms with Crippen LogP contribution >= 0.6 is 95.6 Å². The average Bonchev–Trinajstić information content (AvgIpc) is 1.76. The molecule has 0 rings (SSSR count). The molecule has 0 radical (unpaired) electrons. The van der Waals surface area contributed by atoms with Gasteiger partial charge in [0.2, 0.25) is 0 Å². The first-order valence-electron chi connectivity index (χ1n) is 3.34. The molecule has 0 bridgehead atoms. The van der Waals surface area contributed by atoms with Gasteiger partial charge < -0.3 is 0 Å². The molecule has 6 heteroatoms. The van der Waals surface area contributed by atoms with Crippen LogP contribution in [-0.4, -0.2) is 4.29 Å². The highest BCUT2D eigenvalue weighted by Crippen LogP contribution is 2.41. The van der Waals surface area contributed by atoms with Crippen LogP contribution in [0.5, 0.6) is 0 Å². The third kappa shape index (κ3) is 12.9. The normalized spacial score (nSPS) is 13.5. The minimum atomic E-state index is -0.0827. The smallest absolute Gasteiger partial charge is 0.0599 e. The van der Waals surface area contributed by atoms with Crippen LogP contribution in [0.1, 0.15) is 25.7 Å². The first-order valence-corrected chi connectivity index (χ1v) is 8.10. The van der Waals surface area contributed by atoms with E-state index in [2.05, 4.69) is 95.6 Å². The van der Waals surface area contributed by atoms with Crippen molar-refractivity contribution in [3.8, 4) is 0 Å². The summed E-state index contributed by atoms with van der Waals surface area (Å²) in [7, 11) is 0. The summed E-state index contributed by atoms with van der Waals surface area (Å²) in [4.78, 5) is 0. The van der Waals surface area contributed by atoms with E-state index in [0.29, 0.717) is 0 Å². The molecule has 0 aliphatic carbocycles. The number of halogens is 6. The van der Waals surface area contributed by atoms with Gasteiger partial charge in [0.15, 0.2) is 0 Å². The molecule has 0 unspecified atom stereocenters. The molecule has 0 aromatic carbocycles. The lowest BCUT2D eigenvalue weighted by molar-refractivity contribution is 0.686. The minimum absolute atomic E-state index is 0.0827. The molecule has 0 atom stereocenters. The van der Waals surface area contributed by atoms with Gasteiger partial charge in [0.1, 0.15) is 4.29 Å². The van der Waals surface area contributed by atoms with Gasteiger partial charge in [-0.15, -0.1) is 0 Å². The van der Waals surface area contributed by atoms with Crippen molar-refractivity contribution in [3.05, 3.63) is 0 Å². The Kier molecular flexibility index (Phi) is 8.01. The third-order valence-electron chi connectivity index (χ3n) is 1.17. The fraction of sp³-hybridized carbons (Fsp3) is 1.00. The first-order chi connectivity index (χ1) is 5.21. The maximum Gasteiger partial charge on any atom is 0.135 e. The van der Waals surface area contributed by atoms with E-state index in [-0.39, 0.29) is 4.29 Å². The second-order valence-electron chi connectivity index (χ2n) is 2.44. The molecule has 0 aromatic rings. The van der Waals surface area contributed by atoms with Gasteiger partial charge in [0, 0.05) is 0 Å². The zero-order valence-electron chi connectivity index (χ0n) is 6.10. The largest absolute Gasteiger partial charge is 0.135 e. The molecule has 0 saturated heterocycles. The van der Waals surface area contributed by atoms with Crippen LogP contribution < -0.4 is 0 Å². The lowest BCUT2D eigenvalue weighted by Crippen LogP contribution is -2.02. The zero-order valence-corrected chi connectivity index (χ0v) is 15.6. The molecule has 0 aliphatic rings. The van der Waals surface area contributed by atoms with Crippen LogP contribution in [0, 0.1) is 0 Å². The SMILES string of the molecule is BrC(Br)(Br)CCCCC(Br)(Br)Br. The molecule has 0 nitrogen and oxygen atoms in total. The van der Waals surface area contributed by atoms with Crippen molar-refractivity contribution < 1.29 is 0 Å². The Morgan fingerprint density at radius 3 is 1.00 bits per heavy atom. The minimum Gasteiger partial charge on any atom is -0.0599 e. The molecule has 0 aliphatic heterocycles. The maximum atomic E-state index is 3.46. The van der Waals surface area contributed by atoms with E-state index < -0.39 is 0 Å². The molecular formula is C6H8Br6. The first kappa shape index (κ1) is 14.9. The summed E-state index contributed by atoms with van der Waals surface area (Å²) in [5.41, 5.74) is 0. The van der Waals surface area contributed by atoms with Crippen molar-refractivity contribution in [2.45, 2.75) is 30.0 Å². The standard InChI is InChI=1S/C6H8Br6/c7-5(8,9)3-1-2-4-6(10,11)12/h1-4H2. The Morgan fingerprint density at radius 1 is 0.583 bits per heavy atom. The Morgan fingerprint density at radius 2 is 0.833 bits per heavy atom. The van der Waals surface area contributed by atoms with Crippen molar-refractivity contribution >= 4 is 95.6 Å². The monoisotopic (exact) mass is 554 g/mol. The Bertz CT molecular complexity index is 105. The Hall–Kier alpha value is 2.88. The average molecular weight is 560 g/mol.